The summed E-state index contributed by atoms with van der Waals surface area (Å²) in [5.74, 6) is -1.10. The van der Waals surface area contributed by atoms with E-state index in [4.69, 9.17) is 21.4 Å². The summed E-state index contributed by atoms with van der Waals surface area (Å²) in [5.41, 5.74) is 2.41. The maximum absolute atomic E-state index is 11.2. The van der Waals surface area contributed by atoms with E-state index in [-0.39, 0.29) is 5.69 Å². The van der Waals surface area contributed by atoms with Crippen molar-refractivity contribution < 1.29 is 14.6 Å². The molecule has 2 aromatic rings. The first kappa shape index (κ1) is 15.5. The zero-order valence-corrected chi connectivity index (χ0v) is 12.6. The lowest BCUT2D eigenvalue weighted by Gasteiger charge is -2.09. The van der Waals surface area contributed by atoms with Gasteiger partial charge in [0.1, 0.15) is 0 Å². The minimum Gasteiger partial charge on any atom is -0.476 e. The van der Waals surface area contributed by atoms with Crippen molar-refractivity contribution in [3.8, 4) is 0 Å². The Labute approximate surface area is 127 Å². The van der Waals surface area contributed by atoms with E-state index in [9.17, 15) is 4.79 Å². The van der Waals surface area contributed by atoms with Crippen molar-refractivity contribution >= 4 is 17.6 Å². The first-order chi connectivity index (χ1) is 10.0. The van der Waals surface area contributed by atoms with Crippen LogP contribution in [0.4, 0.5) is 0 Å². The molecule has 0 radical (unpaired) electrons. The van der Waals surface area contributed by atoms with Crippen molar-refractivity contribution in [2.75, 3.05) is 13.7 Å². The molecule has 7 heteroatoms. The summed E-state index contributed by atoms with van der Waals surface area (Å²) in [6.45, 7) is 2.73. The Morgan fingerprint density at radius 2 is 2.24 bits per heavy atom. The quantitative estimate of drug-likeness (QED) is 0.885. The Hall–Kier alpha value is -1.92. The van der Waals surface area contributed by atoms with E-state index in [0.717, 1.165) is 11.1 Å². The number of hydrogen-bond acceptors (Lipinski definition) is 4. The number of methoxy groups -OCH3 is 1. The molecule has 0 aliphatic heterocycles. The standard InChI is InChI=1S/C14H16ClN3O3/c1-9-3-4-10(11(15)7-9)8-18-12(5-6-21-2)13(14(19)20)16-17-18/h3-4,7H,5-6,8H2,1-2H3,(H,19,20). The number of nitrogens with zero attached hydrogens (tertiary/aromatic N) is 3. The summed E-state index contributed by atoms with van der Waals surface area (Å²) in [4.78, 5) is 11.2. The fourth-order valence-electron chi connectivity index (χ4n) is 2.01. The van der Waals surface area contributed by atoms with Crippen molar-refractivity contribution in [3.05, 3.63) is 45.7 Å². The van der Waals surface area contributed by atoms with E-state index in [1.165, 1.54) is 0 Å². The van der Waals surface area contributed by atoms with E-state index >= 15 is 0 Å². The van der Waals surface area contributed by atoms with Crippen LogP contribution in [0.15, 0.2) is 18.2 Å². The summed E-state index contributed by atoms with van der Waals surface area (Å²) >= 11 is 6.20. The number of rotatable bonds is 6. The van der Waals surface area contributed by atoms with Crippen LogP contribution in [0.1, 0.15) is 27.3 Å². The van der Waals surface area contributed by atoms with Gasteiger partial charge in [-0.25, -0.2) is 9.48 Å². The summed E-state index contributed by atoms with van der Waals surface area (Å²) in [7, 11) is 1.56. The van der Waals surface area contributed by atoms with Crippen LogP contribution in [0.5, 0.6) is 0 Å². The van der Waals surface area contributed by atoms with Gasteiger partial charge in [-0.3, -0.25) is 0 Å². The lowest BCUT2D eigenvalue weighted by Crippen LogP contribution is -2.12. The summed E-state index contributed by atoms with van der Waals surface area (Å²) in [5, 5.41) is 17.4. The molecule has 0 bridgehead atoms. The first-order valence-electron chi connectivity index (χ1n) is 6.42. The highest BCUT2D eigenvalue weighted by atomic mass is 35.5. The Bertz CT molecular complexity index is 655. The van der Waals surface area contributed by atoms with Gasteiger partial charge in [0.25, 0.3) is 0 Å². The number of aryl methyl sites for hydroxylation is 1. The van der Waals surface area contributed by atoms with Crippen molar-refractivity contribution in [1.82, 2.24) is 15.0 Å². The van der Waals surface area contributed by atoms with Gasteiger partial charge >= 0.3 is 5.97 Å². The maximum atomic E-state index is 11.2. The zero-order chi connectivity index (χ0) is 15.4. The van der Waals surface area contributed by atoms with Crippen molar-refractivity contribution in [2.24, 2.45) is 0 Å². The number of aromatic nitrogens is 3. The lowest BCUT2D eigenvalue weighted by molar-refractivity contribution is 0.0688. The Kier molecular flexibility index (Phi) is 4.93. The van der Waals surface area contributed by atoms with Crippen LogP contribution in [0.2, 0.25) is 5.02 Å². The number of carboxylic acids is 1. The minimum atomic E-state index is -1.10. The molecule has 112 valence electrons. The molecule has 0 aliphatic rings. The van der Waals surface area contributed by atoms with Gasteiger partial charge in [0.15, 0.2) is 5.69 Å². The van der Waals surface area contributed by atoms with Crippen LogP contribution in [-0.4, -0.2) is 39.8 Å². The van der Waals surface area contributed by atoms with Crippen molar-refractivity contribution in [3.63, 3.8) is 0 Å². The van der Waals surface area contributed by atoms with Gasteiger partial charge < -0.3 is 9.84 Å². The zero-order valence-electron chi connectivity index (χ0n) is 11.8. The van der Waals surface area contributed by atoms with Gasteiger partial charge in [0.05, 0.1) is 18.8 Å². The molecule has 6 nitrogen and oxygen atoms in total. The number of carboxylic acid groups (broad SMARTS) is 1. The summed E-state index contributed by atoms with van der Waals surface area (Å²) in [6, 6.07) is 5.71. The SMILES string of the molecule is COCCc1c(C(=O)O)nnn1Cc1ccc(C)cc1Cl. The van der Waals surface area contributed by atoms with Crippen LogP contribution in [-0.2, 0) is 17.7 Å². The fourth-order valence-corrected chi connectivity index (χ4v) is 2.31. The van der Waals surface area contributed by atoms with Crippen LogP contribution >= 0.6 is 11.6 Å². The number of hydrogen-bond donors (Lipinski definition) is 1. The van der Waals surface area contributed by atoms with E-state index < -0.39 is 5.97 Å². The summed E-state index contributed by atoms with van der Waals surface area (Å²) < 4.78 is 6.56. The lowest BCUT2D eigenvalue weighted by atomic mass is 10.1. The molecule has 0 aliphatic carbocycles. The number of aromatic carboxylic acids is 1. The molecule has 1 aromatic carbocycles. The minimum absolute atomic E-state index is 0.0460. The average molecular weight is 310 g/mol. The van der Waals surface area contributed by atoms with Gasteiger partial charge in [0, 0.05) is 18.6 Å². The molecular formula is C14H16ClN3O3. The Morgan fingerprint density at radius 1 is 1.48 bits per heavy atom. The van der Waals surface area contributed by atoms with Crippen LogP contribution in [0.25, 0.3) is 0 Å². The predicted octanol–water partition coefficient (Wildman–Crippen LogP) is 2.18. The third kappa shape index (κ3) is 3.59. The third-order valence-corrected chi connectivity index (χ3v) is 3.46. The molecule has 1 heterocycles. The fraction of sp³-hybridized carbons (Fsp3) is 0.357. The molecule has 0 spiro atoms. The van der Waals surface area contributed by atoms with Gasteiger partial charge in [-0.15, -0.1) is 5.10 Å². The van der Waals surface area contributed by atoms with Gasteiger partial charge in [0.2, 0.25) is 0 Å². The largest absolute Gasteiger partial charge is 0.476 e. The molecule has 1 N–H and O–H groups in total. The van der Waals surface area contributed by atoms with E-state index in [1.54, 1.807) is 11.8 Å². The molecular weight excluding hydrogens is 294 g/mol. The van der Waals surface area contributed by atoms with Gasteiger partial charge in [-0.1, -0.05) is 28.9 Å². The van der Waals surface area contributed by atoms with E-state index in [1.807, 2.05) is 25.1 Å². The highest BCUT2D eigenvalue weighted by Gasteiger charge is 2.19. The van der Waals surface area contributed by atoms with E-state index in [2.05, 4.69) is 10.3 Å². The number of halogens is 1. The molecule has 1 aromatic heterocycles. The van der Waals surface area contributed by atoms with Crippen LogP contribution in [0.3, 0.4) is 0 Å². The molecule has 0 saturated heterocycles. The molecule has 0 amide bonds. The second kappa shape index (κ2) is 6.69. The highest BCUT2D eigenvalue weighted by molar-refractivity contribution is 6.31. The molecule has 0 saturated carbocycles. The second-order valence-corrected chi connectivity index (χ2v) is 5.09. The van der Waals surface area contributed by atoms with Crippen molar-refractivity contribution in [2.45, 2.75) is 19.9 Å². The maximum Gasteiger partial charge on any atom is 0.358 e. The van der Waals surface area contributed by atoms with Gasteiger partial charge in [-0.05, 0) is 24.1 Å². The van der Waals surface area contributed by atoms with Crippen molar-refractivity contribution in [1.29, 1.82) is 0 Å². The molecule has 21 heavy (non-hydrogen) atoms. The molecule has 2 rings (SSSR count). The van der Waals surface area contributed by atoms with E-state index in [0.29, 0.717) is 30.3 Å². The molecule has 0 fully saturated rings. The number of ether oxygens (including phenoxy) is 1. The topological polar surface area (TPSA) is 77.2 Å². The highest BCUT2D eigenvalue weighted by Crippen LogP contribution is 2.19. The van der Waals surface area contributed by atoms with Crippen LogP contribution < -0.4 is 0 Å². The summed E-state index contributed by atoms with van der Waals surface area (Å²) in [6.07, 6.45) is 0.425. The Morgan fingerprint density at radius 3 is 2.86 bits per heavy atom. The molecule has 0 unspecified atom stereocenters. The number of benzene rings is 1. The smallest absolute Gasteiger partial charge is 0.358 e. The third-order valence-electron chi connectivity index (χ3n) is 3.11. The van der Waals surface area contributed by atoms with Gasteiger partial charge in [-0.2, -0.15) is 0 Å². The predicted molar refractivity (Wildman–Crippen MR) is 77.9 cm³/mol. The second-order valence-electron chi connectivity index (χ2n) is 4.69. The first-order valence-corrected chi connectivity index (χ1v) is 6.80. The van der Waals surface area contributed by atoms with Crippen LogP contribution in [0, 0.1) is 6.92 Å². The number of carbonyl (C=O) groups is 1. The molecule has 0 atom stereocenters. The average Bonchev–Trinajstić information content (AvgIpc) is 2.82. The normalized spacial score (nSPS) is 10.8. The monoisotopic (exact) mass is 309 g/mol. The Balaban J connectivity index is 2.32.